The Hall–Kier alpha value is -4.79. The molecule has 3 N–H and O–H groups in total. The van der Waals surface area contributed by atoms with Crippen LogP contribution in [-0.2, 0) is 46.7 Å². The molecule has 0 bridgehead atoms. The maximum absolute atomic E-state index is 14.7. The Kier molecular flexibility index (Phi) is 12.0. The van der Waals surface area contributed by atoms with Gasteiger partial charge in [-0.2, -0.15) is 0 Å². The van der Waals surface area contributed by atoms with Gasteiger partial charge in [-0.3, -0.25) is 0 Å². The lowest BCUT2D eigenvalue weighted by Gasteiger charge is -2.28. The topological polar surface area (TPSA) is 127 Å². The fourth-order valence-corrected chi connectivity index (χ4v) is 7.31. The van der Waals surface area contributed by atoms with Crippen LogP contribution in [0.15, 0.2) is 56.9 Å². The number of rotatable bonds is 7. The predicted molar refractivity (Wildman–Crippen MR) is 234 cm³/mol. The van der Waals surface area contributed by atoms with Crippen LogP contribution < -0.4 is 17.1 Å². The van der Waals surface area contributed by atoms with Gasteiger partial charge in [0.15, 0.2) is 0 Å². The molecule has 1 aromatic heterocycles. The molecule has 4 aromatic rings. The number of allylic oxidation sites excluding steroid dienone is 2. The molecule has 4 rings (SSSR count). The fraction of sp³-hybridized carbons (Fsp3) is 0.521. The van der Waals surface area contributed by atoms with Crippen molar-refractivity contribution < 1.29 is 15.3 Å². The van der Waals surface area contributed by atoms with E-state index in [1.807, 2.05) is 154 Å². The highest BCUT2D eigenvalue weighted by atomic mass is 16.3. The molecule has 0 atom stereocenters. The first-order chi connectivity index (χ1) is 25.8. The van der Waals surface area contributed by atoms with Crippen LogP contribution in [0.5, 0.6) is 17.2 Å². The van der Waals surface area contributed by atoms with Crippen molar-refractivity contribution in [2.45, 2.75) is 164 Å². The van der Waals surface area contributed by atoms with Crippen molar-refractivity contribution in [1.82, 2.24) is 13.7 Å². The average Bonchev–Trinajstić information content (AvgIpc) is 3.05. The summed E-state index contributed by atoms with van der Waals surface area (Å²) in [5.74, 6) is 0.503. The van der Waals surface area contributed by atoms with Crippen LogP contribution in [0.2, 0.25) is 0 Å². The summed E-state index contributed by atoms with van der Waals surface area (Å²) in [4.78, 5) is 44.0. The summed E-state index contributed by atoms with van der Waals surface area (Å²) in [6.45, 7) is 33.3. The Labute approximate surface area is 339 Å². The van der Waals surface area contributed by atoms with Crippen molar-refractivity contribution in [2.24, 2.45) is 0 Å². The van der Waals surface area contributed by atoms with Crippen LogP contribution in [-0.4, -0.2) is 29.0 Å². The van der Waals surface area contributed by atoms with Crippen LogP contribution in [0, 0.1) is 0 Å². The van der Waals surface area contributed by atoms with E-state index in [2.05, 4.69) is 0 Å². The maximum atomic E-state index is 14.7. The molecule has 0 saturated heterocycles. The summed E-state index contributed by atoms with van der Waals surface area (Å²) in [7, 11) is 0. The van der Waals surface area contributed by atoms with Crippen LogP contribution in [0.3, 0.4) is 0 Å². The van der Waals surface area contributed by atoms with Crippen molar-refractivity contribution in [3.8, 4) is 17.2 Å². The van der Waals surface area contributed by atoms with Gasteiger partial charge in [0.2, 0.25) is 0 Å². The van der Waals surface area contributed by atoms with Crippen LogP contribution >= 0.6 is 0 Å². The first-order valence-corrected chi connectivity index (χ1v) is 20.0. The third kappa shape index (κ3) is 9.34. The minimum Gasteiger partial charge on any atom is -0.507 e. The number of phenolic OH excluding ortho intramolecular Hbond substituents is 3. The molecule has 0 saturated carbocycles. The normalized spacial score (nSPS) is 13.4. The van der Waals surface area contributed by atoms with Gasteiger partial charge in [0, 0.05) is 11.1 Å². The summed E-state index contributed by atoms with van der Waals surface area (Å²) in [6.07, 6.45) is 1.90. The smallest absolute Gasteiger partial charge is 0.336 e. The highest BCUT2D eigenvalue weighted by Gasteiger charge is 2.30. The van der Waals surface area contributed by atoms with Crippen LogP contribution in [0.1, 0.15) is 168 Å². The van der Waals surface area contributed by atoms with Crippen molar-refractivity contribution in [3.63, 3.8) is 0 Å². The molecule has 0 fully saturated rings. The standard InChI is InChI=1S/C48H67N3O6/c1-18-28(2)32-19-29(20-33(38(32)52)44(3,4)5)25-49-41(55)50(26-30-21-34(45(6,7)8)39(53)35(22-30)46(9,10)11)43(57)51(42(49)56)27-31-23-36(47(12,13)14)40(54)37(24-31)48(15,16)17/h18-24,52-54H,25-27H2,1-17H3/b28-18-. The van der Waals surface area contributed by atoms with Crippen LogP contribution in [0.25, 0.3) is 5.57 Å². The Morgan fingerprint density at radius 3 is 0.912 bits per heavy atom. The Morgan fingerprint density at radius 1 is 0.456 bits per heavy atom. The van der Waals surface area contributed by atoms with Crippen molar-refractivity contribution in [1.29, 1.82) is 0 Å². The molecule has 0 unspecified atom stereocenters. The number of phenols is 3. The van der Waals surface area contributed by atoms with Gasteiger partial charge in [0.05, 0.1) is 19.6 Å². The molecule has 9 nitrogen and oxygen atoms in total. The second-order valence-corrected chi connectivity index (χ2v) is 20.9. The fourth-order valence-electron chi connectivity index (χ4n) is 7.31. The lowest BCUT2D eigenvalue weighted by Crippen LogP contribution is -2.55. The molecule has 3 aromatic carbocycles. The third-order valence-electron chi connectivity index (χ3n) is 10.8. The molecule has 1 heterocycles. The maximum Gasteiger partial charge on any atom is 0.336 e. The monoisotopic (exact) mass is 782 g/mol. The molecule has 9 heteroatoms. The largest absolute Gasteiger partial charge is 0.507 e. The highest BCUT2D eigenvalue weighted by molar-refractivity contribution is 5.71. The number of benzene rings is 3. The van der Waals surface area contributed by atoms with E-state index in [4.69, 9.17) is 0 Å². The van der Waals surface area contributed by atoms with Crippen molar-refractivity contribution in [2.75, 3.05) is 0 Å². The van der Waals surface area contributed by atoms with Gasteiger partial charge in [-0.15, -0.1) is 0 Å². The number of aromatic nitrogens is 3. The molecular weight excluding hydrogens is 715 g/mol. The molecule has 57 heavy (non-hydrogen) atoms. The van der Waals surface area contributed by atoms with Gasteiger partial charge in [0.25, 0.3) is 0 Å². The Morgan fingerprint density at radius 2 is 0.684 bits per heavy atom. The first-order valence-electron chi connectivity index (χ1n) is 20.0. The highest BCUT2D eigenvalue weighted by Crippen LogP contribution is 2.42. The lowest BCUT2D eigenvalue weighted by atomic mass is 9.78. The second kappa shape index (κ2) is 15.2. The van der Waals surface area contributed by atoms with Gasteiger partial charge in [-0.1, -0.05) is 110 Å². The average molecular weight is 782 g/mol. The van der Waals surface area contributed by atoms with Crippen LogP contribution in [0.4, 0.5) is 0 Å². The Balaban J connectivity index is 2.12. The van der Waals surface area contributed by atoms with E-state index in [0.717, 1.165) is 19.3 Å². The molecule has 0 spiro atoms. The lowest BCUT2D eigenvalue weighted by molar-refractivity contribution is 0.421. The van der Waals surface area contributed by atoms with Crippen molar-refractivity contribution >= 4 is 5.57 Å². The Bertz CT molecular complexity index is 2210. The minimum atomic E-state index is -0.768. The van der Waals surface area contributed by atoms with E-state index in [1.165, 1.54) is 0 Å². The first kappa shape index (κ1) is 44.9. The van der Waals surface area contributed by atoms with E-state index < -0.39 is 44.1 Å². The number of nitrogens with zero attached hydrogens (tertiary/aromatic N) is 3. The number of hydrogen-bond acceptors (Lipinski definition) is 6. The molecule has 0 amide bonds. The molecule has 0 aliphatic heterocycles. The number of aromatic hydroxyl groups is 3. The van der Waals surface area contributed by atoms with Gasteiger partial charge in [0.1, 0.15) is 17.2 Å². The van der Waals surface area contributed by atoms with Gasteiger partial charge in [-0.25, -0.2) is 28.1 Å². The van der Waals surface area contributed by atoms with Gasteiger partial charge >= 0.3 is 17.1 Å². The third-order valence-corrected chi connectivity index (χ3v) is 10.8. The minimum absolute atomic E-state index is 0.143. The molecule has 0 aliphatic carbocycles. The molecule has 310 valence electrons. The predicted octanol–water partition coefficient (Wildman–Crippen LogP) is 9.34. The second-order valence-electron chi connectivity index (χ2n) is 20.9. The number of hydrogen-bond donors (Lipinski definition) is 3. The summed E-state index contributed by atoms with van der Waals surface area (Å²) in [5, 5.41) is 34.3. The summed E-state index contributed by atoms with van der Waals surface area (Å²) >= 11 is 0. The SMILES string of the molecule is C/C=C(/C)c1cc(Cn2c(=O)n(Cc3cc(C(C)(C)C)c(O)c(C(C)(C)C)c3)c(=O)n(Cc3cc(C(C)(C)C)c(O)c(C(C)(C)C)c3)c2=O)cc(C(C)(C)C)c1O. The quantitative estimate of drug-likeness (QED) is 0.172. The van der Waals surface area contributed by atoms with E-state index in [0.29, 0.717) is 50.1 Å². The van der Waals surface area contributed by atoms with E-state index >= 15 is 0 Å². The summed E-state index contributed by atoms with van der Waals surface area (Å²) < 4.78 is 3.30. The zero-order valence-corrected chi connectivity index (χ0v) is 37.6. The summed E-state index contributed by atoms with van der Waals surface area (Å²) in [5.41, 5.74) is 2.16. The van der Waals surface area contributed by atoms with Gasteiger partial charge < -0.3 is 15.3 Å². The van der Waals surface area contributed by atoms with Crippen molar-refractivity contribution in [3.05, 3.63) is 124 Å². The zero-order chi connectivity index (χ0) is 43.5. The van der Waals surface area contributed by atoms with E-state index in [1.54, 1.807) is 6.07 Å². The van der Waals surface area contributed by atoms with E-state index in [9.17, 15) is 29.7 Å². The summed E-state index contributed by atoms with van der Waals surface area (Å²) in [6, 6.07) is 11.0. The molecule has 0 radical (unpaired) electrons. The zero-order valence-electron chi connectivity index (χ0n) is 37.6. The molecule has 0 aliphatic rings. The van der Waals surface area contributed by atoms with E-state index in [-0.39, 0.29) is 36.9 Å². The molecular formula is C48H67N3O6. The van der Waals surface area contributed by atoms with Gasteiger partial charge in [-0.05, 0) is 122 Å².